The summed E-state index contributed by atoms with van der Waals surface area (Å²) in [5.74, 6) is -1.57. The minimum atomic E-state index is -1.00. The van der Waals surface area contributed by atoms with Crippen LogP contribution in [0.25, 0.3) is 0 Å². The van der Waals surface area contributed by atoms with Crippen LogP contribution in [0.2, 0.25) is 0 Å². The van der Waals surface area contributed by atoms with Crippen molar-refractivity contribution >= 4 is 23.6 Å². The number of Topliss-reactive ketones (excluding diaryl/α,β-unsaturated/α-hetero) is 1. The van der Waals surface area contributed by atoms with Gasteiger partial charge in [-0.05, 0) is 13.3 Å². The van der Waals surface area contributed by atoms with Gasteiger partial charge in [-0.1, -0.05) is 0 Å². The van der Waals surface area contributed by atoms with Crippen molar-refractivity contribution in [3.63, 3.8) is 0 Å². The van der Waals surface area contributed by atoms with Crippen LogP contribution < -0.4 is 5.32 Å². The number of nitrogens with one attached hydrogen (secondary N) is 1. The minimum Gasteiger partial charge on any atom is -0.452 e. The van der Waals surface area contributed by atoms with E-state index in [1.807, 2.05) is 5.32 Å². The average molecular weight is 227 g/mol. The molecule has 1 saturated heterocycles. The molecule has 6 heteroatoms. The summed E-state index contributed by atoms with van der Waals surface area (Å²) in [7, 11) is 0. The van der Waals surface area contributed by atoms with Crippen molar-refractivity contribution < 1.29 is 23.9 Å². The Morgan fingerprint density at radius 3 is 2.56 bits per heavy atom. The summed E-state index contributed by atoms with van der Waals surface area (Å²) in [6.07, 6.45) is -0.326. The van der Waals surface area contributed by atoms with Crippen LogP contribution in [0.15, 0.2) is 0 Å². The van der Waals surface area contributed by atoms with Crippen molar-refractivity contribution in [1.82, 2.24) is 5.32 Å². The highest BCUT2D eigenvalue weighted by molar-refractivity contribution is 6.05. The van der Waals surface area contributed by atoms with Gasteiger partial charge in [0.15, 0.2) is 6.10 Å². The second kappa shape index (κ2) is 5.39. The number of hydrogen-bond acceptors (Lipinski definition) is 5. The first kappa shape index (κ1) is 12.4. The molecule has 6 nitrogen and oxygen atoms in total. The van der Waals surface area contributed by atoms with E-state index in [1.165, 1.54) is 6.92 Å². The maximum atomic E-state index is 11.2. The van der Waals surface area contributed by atoms with Crippen molar-refractivity contribution in [2.45, 2.75) is 38.7 Å². The Morgan fingerprint density at radius 1 is 1.38 bits per heavy atom. The summed E-state index contributed by atoms with van der Waals surface area (Å²) >= 11 is 0. The standard InChI is InChI=1S/C10H13NO5/c1-6(12)3-2-4-9(14)16-7-5-8(13)11-10(7)15/h7H,2-5H2,1H3,(H,11,13,15). The maximum absolute atomic E-state index is 11.2. The van der Waals surface area contributed by atoms with Crippen molar-refractivity contribution in [3.8, 4) is 0 Å². The Bertz CT molecular complexity index is 336. The Kier molecular flexibility index (Phi) is 4.16. The monoisotopic (exact) mass is 227 g/mol. The first-order valence-corrected chi connectivity index (χ1v) is 5.01. The van der Waals surface area contributed by atoms with Crippen molar-refractivity contribution in [2.24, 2.45) is 0 Å². The van der Waals surface area contributed by atoms with E-state index in [2.05, 4.69) is 0 Å². The molecule has 2 amide bonds. The van der Waals surface area contributed by atoms with Crippen molar-refractivity contribution in [1.29, 1.82) is 0 Å². The molecule has 1 rings (SSSR count). The lowest BCUT2D eigenvalue weighted by molar-refractivity contribution is -0.154. The Hall–Kier alpha value is -1.72. The van der Waals surface area contributed by atoms with Gasteiger partial charge in [-0.2, -0.15) is 0 Å². The van der Waals surface area contributed by atoms with Gasteiger partial charge in [0.2, 0.25) is 5.91 Å². The van der Waals surface area contributed by atoms with Gasteiger partial charge in [-0.15, -0.1) is 0 Å². The number of imide groups is 1. The molecule has 88 valence electrons. The predicted molar refractivity (Wildman–Crippen MR) is 52.2 cm³/mol. The van der Waals surface area contributed by atoms with Gasteiger partial charge in [0.25, 0.3) is 5.91 Å². The summed E-state index contributed by atoms with van der Waals surface area (Å²) in [5, 5.41) is 2.04. The molecule has 0 aromatic heterocycles. The predicted octanol–water partition coefficient (Wildman–Crippen LogP) is -0.296. The molecule has 0 aromatic carbocycles. The van der Waals surface area contributed by atoms with Gasteiger partial charge >= 0.3 is 5.97 Å². The lowest BCUT2D eigenvalue weighted by Gasteiger charge is -2.07. The third-order valence-corrected chi connectivity index (χ3v) is 2.11. The van der Waals surface area contributed by atoms with E-state index < -0.39 is 23.9 Å². The highest BCUT2D eigenvalue weighted by Gasteiger charge is 2.33. The summed E-state index contributed by atoms with van der Waals surface area (Å²) in [6, 6.07) is 0. The smallest absolute Gasteiger partial charge is 0.306 e. The molecule has 0 aromatic rings. The molecule has 1 aliphatic heterocycles. The zero-order valence-corrected chi connectivity index (χ0v) is 8.95. The van der Waals surface area contributed by atoms with E-state index in [0.717, 1.165) is 0 Å². The number of ether oxygens (including phenoxy) is 1. The molecule has 16 heavy (non-hydrogen) atoms. The zero-order chi connectivity index (χ0) is 12.1. The molecule has 1 fully saturated rings. The van der Waals surface area contributed by atoms with E-state index >= 15 is 0 Å². The van der Waals surface area contributed by atoms with Crippen LogP contribution in [0.3, 0.4) is 0 Å². The zero-order valence-electron chi connectivity index (χ0n) is 8.95. The summed E-state index contributed by atoms with van der Waals surface area (Å²) in [4.78, 5) is 43.6. The van der Waals surface area contributed by atoms with E-state index in [0.29, 0.717) is 12.8 Å². The molecular formula is C10H13NO5. The highest BCUT2D eigenvalue weighted by Crippen LogP contribution is 2.09. The van der Waals surface area contributed by atoms with Crippen LogP contribution >= 0.6 is 0 Å². The lowest BCUT2D eigenvalue weighted by atomic mass is 10.2. The second-order valence-electron chi connectivity index (χ2n) is 3.65. The van der Waals surface area contributed by atoms with Gasteiger partial charge < -0.3 is 9.53 Å². The number of hydrogen-bond donors (Lipinski definition) is 1. The fourth-order valence-corrected chi connectivity index (χ4v) is 1.32. The van der Waals surface area contributed by atoms with Gasteiger partial charge in [0, 0.05) is 12.8 Å². The van der Waals surface area contributed by atoms with Gasteiger partial charge in [0.1, 0.15) is 5.78 Å². The number of carbonyl (C=O) groups excluding carboxylic acids is 4. The second-order valence-corrected chi connectivity index (χ2v) is 3.65. The summed E-state index contributed by atoms with van der Waals surface area (Å²) in [6.45, 7) is 1.44. The molecule has 0 spiro atoms. The Balaban J connectivity index is 2.26. The normalized spacial score (nSPS) is 19.4. The van der Waals surface area contributed by atoms with Crippen LogP contribution in [0.1, 0.15) is 32.6 Å². The summed E-state index contributed by atoms with van der Waals surface area (Å²) < 4.78 is 4.79. The molecule has 1 N–H and O–H groups in total. The fourth-order valence-electron chi connectivity index (χ4n) is 1.32. The average Bonchev–Trinajstić information content (AvgIpc) is 2.44. The van der Waals surface area contributed by atoms with E-state index in [1.54, 1.807) is 0 Å². The Labute approximate surface area is 92.3 Å². The van der Waals surface area contributed by atoms with Gasteiger partial charge in [-0.25, -0.2) is 0 Å². The minimum absolute atomic E-state index is 0.00147. The van der Waals surface area contributed by atoms with Crippen LogP contribution in [0.4, 0.5) is 0 Å². The molecule has 0 saturated carbocycles. The number of ketones is 1. The van der Waals surface area contributed by atoms with Crippen LogP contribution in [-0.2, 0) is 23.9 Å². The number of rotatable bonds is 5. The molecule has 1 unspecified atom stereocenters. The third kappa shape index (κ3) is 3.80. The third-order valence-electron chi connectivity index (χ3n) is 2.11. The van der Waals surface area contributed by atoms with Crippen LogP contribution in [0.5, 0.6) is 0 Å². The molecule has 1 aliphatic rings. The highest BCUT2D eigenvalue weighted by atomic mass is 16.5. The van der Waals surface area contributed by atoms with Crippen LogP contribution in [-0.4, -0.2) is 29.7 Å². The molecule has 1 atom stereocenters. The molecule has 1 heterocycles. The van der Waals surface area contributed by atoms with Crippen molar-refractivity contribution in [2.75, 3.05) is 0 Å². The van der Waals surface area contributed by atoms with Gasteiger partial charge in [0.05, 0.1) is 6.42 Å². The van der Waals surface area contributed by atoms with E-state index in [9.17, 15) is 19.2 Å². The van der Waals surface area contributed by atoms with Crippen LogP contribution in [0, 0.1) is 0 Å². The maximum Gasteiger partial charge on any atom is 0.306 e. The van der Waals surface area contributed by atoms with E-state index in [-0.39, 0.29) is 18.6 Å². The first-order valence-electron chi connectivity index (χ1n) is 5.01. The van der Waals surface area contributed by atoms with Crippen molar-refractivity contribution in [3.05, 3.63) is 0 Å². The molecule has 0 radical (unpaired) electrons. The number of carbonyl (C=O) groups is 4. The largest absolute Gasteiger partial charge is 0.452 e. The lowest BCUT2D eigenvalue weighted by Crippen LogP contribution is -2.28. The van der Waals surface area contributed by atoms with E-state index in [4.69, 9.17) is 4.74 Å². The number of esters is 1. The Morgan fingerprint density at radius 2 is 2.06 bits per heavy atom. The molecule has 0 bridgehead atoms. The summed E-state index contributed by atoms with van der Waals surface area (Å²) in [5.41, 5.74) is 0. The quantitative estimate of drug-likeness (QED) is 0.514. The number of amides is 2. The molecule has 0 aliphatic carbocycles. The SMILES string of the molecule is CC(=O)CCCC(=O)OC1CC(=O)NC1=O. The topological polar surface area (TPSA) is 89.5 Å². The fraction of sp³-hybridized carbons (Fsp3) is 0.600. The van der Waals surface area contributed by atoms with Gasteiger partial charge in [-0.3, -0.25) is 19.7 Å². The first-order chi connectivity index (χ1) is 7.49. The molecular weight excluding hydrogens is 214 g/mol.